The Bertz CT molecular complexity index is 320. The fourth-order valence-electron chi connectivity index (χ4n) is 2.03. The maximum atomic E-state index is 8.51. The van der Waals surface area contributed by atoms with E-state index in [4.69, 9.17) is 5.21 Å². The molecule has 0 aliphatic heterocycles. The fourth-order valence-corrected chi connectivity index (χ4v) is 2.03. The van der Waals surface area contributed by atoms with Crippen molar-refractivity contribution >= 4 is 6.21 Å². The Balaban J connectivity index is 2.36. The summed E-state index contributed by atoms with van der Waals surface area (Å²) in [5, 5.41) is 11.6. The van der Waals surface area contributed by atoms with Gasteiger partial charge in [-0.3, -0.25) is 0 Å². The van der Waals surface area contributed by atoms with E-state index in [1.165, 1.54) is 17.5 Å². The molecule has 1 aliphatic rings. The van der Waals surface area contributed by atoms with E-state index in [1.807, 2.05) is 6.07 Å². The molecule has 0 bridgehead atoms. The molecule has 1 aliphatic carbocycles. The third-order valence-electron chi connectivity index (χ3n) is 2.66. The molecule has 1 aromatic rings. The highest BCUT2D eigenvalue weighted by molar-refractivity contribution is 5.68. The molecule has 1 unspecified atom stereocenters. The molecule has 0 spiro atoms. The fraction of sp³-hybridized carbons (Fsp3) is 0.364. The molecule has 2 nitrogen and oxygen atoms in total. The highest BCUT2D eigenvalue weighted by Gasteiger charge is 2.17. The Labute approximate surface area is 77.9 Å². The lowest BCUT2D eigenvalue weighted by molar-refractivity contribution is 0.319. The number of benzene rings is 1. The summed E-state index contributed by atoms with van der Waals surface area (Å²) in [6, 6.07) is 8.40. The van der Waals surface area contributed by atoms with Crippen molar-refractivity contribution in [1.29, 1.82) is 0 Å². The average molecular weight is 175 g/mol. The van der Waals surface area contributed by atoms with Crippen LogP contribution in [0.2, 0.25) is 0 Å². The molecular weight excluding hydrogens is 162 g/mol. The quantitative estimate of drug-likeness (QED) is 0.397. The lowest BCUT2D eigenvalue weighted by Gasteiger charge is -2.21. The second kappa shape index (κ2) is 3.60. The van der Waals surface area contributed by atoms with E-state index in [0.717, 1.165) is 12.8 Å². The van der Waals surface area contributed by atoms with Crippen LogP contribution in [0.4, 0.5) is 0 Å². The summed E-state index contributed by atoms with van der Waals surface area (Å²) in [5.41, 5.74) is 2.73. The standard InChI is InChI=1S/C11H13NO/c13-12-8-10-6-3-5-9-4-1-2-7-11(9)10/h1-2,4,7-8,10,13H,3,5-6H2. The SMILES string of the molecule is ON=CC1CCCc2ccccc21. The highest BCUT2D eigenvalue weighted by Crippen LogP contribution is 2.29. The molecule has 2 heteroatoms. The third-order valence-corrected chi connectivity index (χ3v) is 2.66. The minimum absolute atomic E-state index is 0.315. The first-order valence-electron chi connectivity index (χ1n) is 4.67. The average Bonchev–Trinajstić information content (AvgIpc) is 2.19. The van der Waals surface area contributed by atoms with Crippen LogP contribution in [-0.4, -0.2) is 11.4 Å². The maximum absolute atomic E-state index is 8.51. The zero-order valence-electron chi connectivity index (χ0n) is 7.48. The Hall–Kier alpha value is -1.31. The number of aryl methyl sites for hydroxylation is 1. The summed E-state index contributed by atoms with van der Waals surface area (Å²) in [4.78, 5) is 0. The third kappa shape index (κ3) is 1.57. The zero-order valence-corrected chi connectivity index (χ0v) is 7.48. The molecule has 0 heterocycles. The topological polar surface area (TPSA) is 32.6 Å². The van der Waals surface area contributed by atoms with Gasteiger partial charge in [-0.15, -0.1) is 5.16 Å². The van der Waals surface area contributed by atoms with Gasteiger partial charge in [-0.05, 0) is 30.4 Å². The molecular formula is C11H13NO. The van der Waals surface area contributed by atoms with Crippen LogP contribution in [-0.2, 0) is 6.42 Å². The molecule has 68 valence electrons. The Morgan fingerprint density at radius 2 is 2.23 bits per heavy atom. The monoisotopic (exact) mass is 175 g/mol. The molecule has 1 aromatic carbocycles. The molecule has 2 rings (SSSR count). The van der Waals surface area contributed by atoms with Gasteiger partial charge in [0.2, 0.25) is 0 Å². The van der Waals surface area contributed by atoms with Gasteiger partial charge in [0.1, 0.15) is 0 Å². The van der Waals surface area contributed by atoms with E-state index in [-0.39, 0.29) is 0 Å². The van der Waals surface area contributed by atoms with Crippen LogP contribution in [0.1, 0.15) is 29.9 Å². The molecule has 0 amide bonds. The van der Waals surface area contributed by atoms with Crippen LogP contribution >= 0.6 is 0 Å². The number of hydrogen-bond donors (Lipinski definition) is 1. The van der Waals surface area contributed by atoms with Crippen molar-refractivity contribution in [3.8, 4) is 0 Å². The smallest absolute Gasteiger partial charge is 0.0510 e. The first-order chi connectivity index (χ1) is 6.42. The number of hydrogen-bond acceptors (Lipinski definition) is 2. The van der Waals surface area contributed by atoms with E-state index in [1.54, 1.807) is 6.21 Å². The summed E-state index contributed by atoms with van der Waals surface area (Å²) in [5.74, 6) is 0.315. The van der Waals surface area contributed by atoms with Crippen LogP contribution in [0.25, 0.3) is 0 Å². The Kier molecular flexibility index (Phi) is 2.30. The minimum Gasteiger partial charge on any atom is -0.411 e. The molecule has 0 saturated carbocycles. The van der Waals surface area contributed by atoms with Gasteiger partial charge in [0.15, 0.2) is 0 Å². The van der Waals surface area contributed by atoms with Crippen molar-refractivity contribution in [1.82, 2.24) is 0 Å². The van der Waals surface area contributed by atoms with Crippen molar-refractivity contribution in [3.05, 3.63) is 35.4 Å². The second-order valence-electron chi connectivity index (χ2n) is 3.46. The first kappa shape index (κ1) is 8.30. The van der Waals surface area contributed by atoms with Gasteiger partial charge >= 0.3 is 0 Å². The van der Waals surface area contributed by atoms with Crippen molar-refractivity contribution in [3.63, 3.8) is 0 Å². The number of rotatable bonds is 1. The van der Waals surface area contributed by atoms with Crippen LogP contribution in [0.15, 0.2) is 29.4 Å². The molecule has 0 fully saturated rings. The van der Waals surface area contributed by atoms with Crippen LogP contribution in [0, 0.1) is 0 Å². The number of oxime groups is 1. The van der Waals surface area contributed by atoms with Gasteiger partial charge in [-0.2, -0.15) is 0 Å². The van der Waals surface area contributed by atoms with Crippen molar-refractivity contribution in [2.45, 2.75) is 25.2 Å². The van der Waals surface area contributed by atoms with Gasteiger partial charge in [0.05, 0.1) is 6.21 Å². The summed E-state index contributed by atoms with van der Waals surface area (Å²) in [7, 11) is 0. The predicted octanol–water partition coefficient (Wildman–Crippen LogP) is 2.57. The van der Waals surface area contributed by atoms with Gasteiger partial charge in [-0.25, -0.2) is 0 Å². The van der Waals surface area contributed by atoms with Crippen LogP contribution in [0.5, 0.6) is 0 Å². The summed E-state index contributed by atoms with van der Waals surface area (Å²) < 4.78 is 0. The normalized spacial score (nSPS) is 21.7. The van der Waals surface area contributed by atoms with Gasteiger partial charge in [0, 0.05) is 5.92 Å². The highest BCUT2D eigenvalue weighted by atomic mass is 16.4. The van der Waals surface area contributed by atoms with E-state index in [2.05, 4.69) is 23.4 Å². The van der Waals surface area contributed by atoms with Gasteiger partial charge < -0.3 is 5.21 Å². The Morgan fingerprint density at radius 3 is 3.08 bits per heavy atom. The largest absolute Gasteiger partial charge is 0.411 e. The van der Waals surface area contributed by atoms with Crippen molar-refractivity contribution < 1.29 is 5.21 Å². The molecule has 1 N–H and O–H groups in total. The molecule has 0 saturated heterocycles. The van der Waals surface area contributed by atoms with E-state index >= 15 is 0 Å². The summed E-state index contributed by atoms with van der Waals surface area (Å²) >= 11 is 0. The lowest BCUT2D eigenvalue weighted by atomic mass is 9.84. The number of fused-ring (bicyclic) bond motifs is 1. The number of nitrogens with zero attached hydrogens (tertiary/aromatic N) is 1. The Morgan fingerprint density at radius 1 is 1.38 bits per heavy atom. The van der Waals surface area contributed by atoms with Gasteiger partial charge in [0.25, 0.3) is 0 Å². The van der Waals surface area contributed by atoms with Gasteiger partial charge in [-0.1, -0.05) is 24.3 Å². The van der Waals surface area contributed by atoms with E-state index in [0.29, 0.717) is 5.92 Å². The van der Waals surface area contributed by atoms with Crippen molar-refractivity contribution in [2.24, 2.45) is 5.16 Å². The predicted molar refractivity (Wildman–Crippen MR) is 52.4 cm³/mol. The first-order valence-corrected chi connectivity index (χ1v) is 4.67. The summed E-state index contributed by atoms with van der Waals surface area (Å²) in [6.07, 6.45) is 5.08. The van der Waals surface area contributed by atoms with E-state index in [9.17, 15) is 0 Å². The van der Waals surface area contributed by atoms with Crippen LogP contribution < -0.4 is 0 Å². The second-order valence-corrected chi connectivity index (χ2v) is 3.46. The van der Waals surface area contributed by atoms with Crippen LogP contribution in [0.3, 0.4) is 0 Å². The maximum Gasteiger partial charge on any atom is 0.0510 e. The van der Waals surface area contributed by atoms with Crippen molar-refractivity contribution in [2.75, 3.05) is 0 Å². The summed E-state index contributed by atoms with van der Waals surface area (Å²) in [6.45, 7) is 0. The lowest BCUT2D eigenvalue weighted by Crippen LogP contribution is -2.10. The molecule has 0 aromatic heterocycles. The molecule has 1 atom stereocenters. The minimum atomic E-state index is 0.315. The molecule has 13 heavy (non-hydrogen) atoms. The zero-order chi connectivity index (χ0) is 9.10. The van der Waals surface area contributed by atoms with E-state index < -0.39 is 0 Å². The molecule has 0 radical (unpaired) electrons.